The van der Waals surface area contributed by atoms with E-state index >= 15 is 0 Å². The van der Waals surface area contributed by atoms with E-state index in [1.165, 1.54) is 6.07 Å². The first-order valence-corrected chi connectivity index (χ1v) is 9.88. The van der Waals surface area contributed by atoms with Gasteiger partial charge in [0.2, 0.25) is 5.91 Å². The number of nitrogens with zero attached hydrogens (tertiary/aromatic N) is 1. The van der Waals surface area contributed by atoms with Gasteiger partial charge in [-0.1, -0.05) is 30.7 Å². The van der Waals surface area contributed by atoms with Crippen molar-refractivity contribution < 1.29 is 14.0 Å². The van der Waals surface area contributed by atoms with Gasteiger partial charge in [-0.25, -0.2) is 4.39 Å². The van der Waals surface area contributed by atoms with E-state index in [0.717, 1.165) is 19.3 Å². The SMILES string of the molecule is CCC(=O)NC1CC[C@@H](N(C)C(=O)c2ccc(-c3ccc(Cl)cc3F)cc2)C1. The first kappa shape index (κ1) is 20.3. The van der Waals surface area contributed by atoms with Gasteiger partial charge in [-0.05, 0) is 55.2 Å². The smallest absolute Gasteiger partial charge is 0.253 e. The molecule has 3 rings (SSSR count). The second-order valence-corrected chi connectivity index (χ2v) is 7.64. The van der Waals surface area contributed by atoms with Crippen LogP contribution in [0.3, 0.4) is 0 Å². The van der Waals surface area contributed by atoms with E-state index in [1.807, 2.05) is 6.92 Å². The molecule has 0 aliphatic heterocycles. The van der Waals surface area contributed by atoms with Gasteiger partial charge < -0.3 is 10.2 Å². The highest BCUT2D eigenvalue weighted by atomic mass is 35.5. The summed E-state index contributed by atoms with van der Waals surface area (Å²) >= 11 is 5.80. The van der Waals surface area contributed by atoms with Crippen LogP contribution in [0.5, 0.6) is 0 Å². The van der Waals surface area contributed by atoms with Crippen molar-refractivity contribution in [3.05, 3.63) is 58.9 Å². The van der Waals surface area contributed by atoms with Gasteiger partial charge in [0.05, 0.1) is 0 Å². The molecule has 0 spiro atoms. The molecule has 0 aromatic heterocycles. The van der Waals surface area contributed by atoms with E-state index in [0.29, 0.717) is 28.1 Å². The third kappa shape index (κ3) is 4.53. The largest absolute Gasteiger partial charge is 0.353 e. The molecule has 6 heteroatoms. The van der Waals surface area contributed by atoms with Gasteiger partial charge in [0.15, 0.2) is 0 Å². The molecule has 148 valence electrons. The molecule has 0 bridgehead atoms. The maximum atomic E-state index is 14.1. The van der Waals surface area contributed by atoms with Crippen LogP contribution in [-0.4, -0.2) is 35.8 Å². The molecule has 1 aliphatic carbocycles. The lowest BCUT2D eigenvalue weighted by atomic mass is 10.0. The van der Waals surface area contributed by atoms with Crippen LogP contribution in [-0.2, 0) is 4.79 Å². The molecule has 4 nitrogen and oxygen atoms in total. The van der Waals surface area contributed by atoms with Gasteiger partial charge in [0.25, 0.3) is 5.91 Å². The first-order chi connectivity index (χ1) is 13.4. The molecule has 0 heterocycles. The normalized spacial score (nSPS) is 18.7. The van der Waals surface area contributed by atoms with Crippen LogP contribution in [0.1, 0.15) is 43.0 Å². The van der Waals surface area contributed by atoms with E-state index in [-0.39, 0.29) is 23.9 Å². The molecule has 1 saturated carbocycles. The molecule has 0 saturated heterocycles. The Balaban J connectivity index is 1.67. The highest BCUT2D eigenvalue weighted by Gasteiger charge is 2.30. The van der Waals surface area contributed by atoms with Crippen molar-refractivity contribution in [2.24, 2.45) is 0 Å². The predicted octanol–water partition coefficient (Wildman–Crippen LogP) is 4.67. The summed E-state index contributed by atoms with van der Waals surface area (Å²) in [7, 11) is 1.80. The van der Waals surface area contributed by atoms with Crippen molar-refractivity contribution in [3.63, 3.8) is 0 Å². The monoisotopic (exact) mass is 402 g/mol. The van der Waals surface area contributed by atoms with E-state index < -0.39 is 5.82 Å². The van der Waals surface area contributed by atoms with Crippen LogP contribution < -0.4 is 5.32 Å². The average Bonchev–Trinajstić information content (AvgIpc) is 3.15. The number of nitrogens with one attached hydrogen (secondary N) is 1. The molecular weight excluding hydrogens is 379 g/mol. The van der Waals surface area contributed by atoms with Crippen LogP contribution in [0.4, 0.5) is 4.39 Å². The predicted molar refractivity (Wildman–Crippen MR) is 109 cm³/mol. The van der Waals surface area contributed by atoms with Crippen molar-refractivity contribution in [1.29, 1.82) is 0 Å². The third-order valence-corrected chi connectivity index (χ3v) is 5.57. The summed E-state index contributed by atoms with van der Waals surface area (Å²) in [5, 5.41) is 3.35. The van der Waals surface area contributed by atoms with Gasteiger partial charge in [-0.2, -0.15) is 0 Å². The Labute approximate surface area is 169 Å². The highest BCUT2D eigenvalue weighted by molar-refractivity contribution is 6.30. The van der Waals surface area contributed by atoms with Gasteiger partial charge in [-0.15, -0.1) is 0 Å². The zero-order valence-corrected chi connectivity index (χ0v) is 16.8. The van der Waals surface area contributed by atoms with Crippen molar-refractivity contribution >= 4 is 23.4 Å². The number of amides is 2. The van der Waals surface area contributed by atoms with Crippen LogP contribution in [0, 0.1) is 5.82 Å². The maximum absolute atomic E-state index is 14.1. The van der Waals surface area contributed by atoms with Gasteiger partial charge >= 0.3 is 0 Å². The molecule has 2 atom stereocenters. The lowest BCUT2D eigenvalue weighted by molar-refractivity contribution is -0.121. The van der Waals surface area contributed by atoms with E-state index in [4.69, 9.17) is 11.6 Å². The second-order valence-electron chi connectivity index (χ2n) is 7.20. The fourth-order valence-corrected chi connectivity index (χ4v) is 3.81. The molecule has 2 aromatic carbocycles. The molecule has 28 heavy (non-hydrogen) atoms. The van der Waals surface area contributed by atoms with Crippen LogP contribution >= 0.6 is 11.6 Å². The molecule has 2 amide bonds. The van der Waals surface area contributed by atoms with Crippen LogP contribution in [0.15, 0.2) is 42.5 Å². The lowest BCUT2D eigenvalue weighted by Crippen LogP contribution is -2.38. The van der Waals surface area contributed by atoms with Gasteiger partial charge in [-0.3, -0.25) is 9.59 Å². The molecular formula is C22H24ClFN2O2. The Hall–Kier alpha value is -2.40. The maximum Gasteiger partial charge on any atom is 0.253 e. The number of carbonyl (C=O) groups excluding carboxylic acids is 2. The Bertz CT molecular complexity index is 869. The number of hydrogen-bond donors (Lipinski definition) is 1. The quantitative estimate of drug-likeness (QED) is 0.790. The number of halogens is 2. The molecule has 1 unspecified atom stereocenters. The third-order valence-electron chi connectivity index (χ3n) is 5.33. The second kappa shape index (κ2) is 8.74. The number of carbonyl (C=O) groups is 2. The molecule has 1 fully saturated rings. The minimum Gasteiger partial charge on any atom is -0.353 e. The summed E-state index contributed by atoms with van der Waals surface area (Å²) in [4.78, 5) is 26.1. The number of rotatable bonds is 5. The first-order valence-electron chi connectivity index (χ1n) is 9.51. The molecule has 1 aliphatic rings. The fourth-order valence-electron chi connectivity index (χ4n) is 3.66. The minimum atomic E-state index is -0.394. The van der Waals surface area contributed by atoms with E-state index in [1.54, 1.807) is 48.3 Å². The lowest BCUT2D eigenvalue weighted by Gasteiger charge is -2.25. The summed E-state index contributed by atoms with van der Waals surface area (Å²) in [5.74, 6) is -0.421. The van der Waals surface area contributed by atoms with Crippen molar-refractivity contribution in [2.45, 2.75) is 44.7 Å². The van der Waals surface area contributed by atoms with Crippen molar-refractivity contribution in [2.75, 3.05) is 7.05 Å². The van der Waals surface area contributed by atoms with E-state index in [2.05, 4.69) is 5.32 Å². The van der Waals surface area contributed by atoms with E-state index in [9.17, 15) is 14.0 Å². The average molecular weight is 403 g/mol. The molecule has 2 aromatic rings. The molecule has 1 N–H and O–H groups in total. The molecule has 0 radical (unpaired) electrons. The summed E-state index contributed by atoms with van der Waals surface area (Å²) in [5.41, 5.74) is 1.69. The van der Waals surface area contributed by atoms with Gasteiger partial charge in [0.1, 0.15) is 5.82 Å². The minimum absolute atomic E-state index is 0.0460. The summed E-state index contributed by atoms with van der Waals surface area (Å²) in [6, 6.07) is 11.7. The zero-order valence-electron chi connectivity index (χ0n) is 16.0. The Morgan fingerprint density at radius 2 is 1.89 bits per heavy atom. The van der Waals surface area contributed by atoms with Crippen LogP contribution in [0.2, 0.25) is 5.02 Å². The summed E-state index contributed by atoms with van der Waals surface area (Å²) in [6.45, 7) is 1.83. The zero-order chi connectivity index (χ0) is 20.3. The Kier molecular flexibility index (Phi) is 6.35. The van der Waals surface area contributed by atoms with Crippen molar-refractivity contribution in [1.82, 2.24) is 10.2 Å². The standard InChI is InChI=1S/C22H24ClFN2O2/c1-3-21(27)25-17-9-10-18(13-17)26(2)22(28)15-6-4-14(5-7-15)19-11-8-16(23)12-20(19)24/h4-8,11-12,17-18H,3,9-10,13H2,1-2H3,(H,25,27)/t17?,18-/m1/s1. The van der Waals surface area contributed by atoms with Crippen molar-refractivity contribution in [3.8, 4) is 11.1 Å². The number of hydrogen-bond acceptors (Lipinski definition) is 2. The Morgan fingerprint density at radius 1 is 1.18 bits per heavy atom. The summed E-state index contributed by atoms with van der Waals surface area (Å²) in [6.07, 6.45) is 2.98. The Morgan fingerprint density at radius 3 is 2.54 bits per heavy atom. The van der Waals surface area contributed by atoms with Gasteiger partial charge in [0, 0.05) is 41.7 Å². The van der Waals surface area contributed by atoms with Crippen LogP contribution in [0.25, 0.3) is 11.1 Å². The number of benzene rings is 2. The highest BCUT2D eigenvalue weighted by Crippen LogP contribution is 2.27. The fraction of sp³-hybridized carbons (Fsp3) is 0.364. The topological polar surface area (TPSA) is 49.4 Å². The summed E-state index contributed by atoms with van der Waals surface area (Å²) < 4.78 is 14.1.